The summed E-state index contributed by atoms with van der Waals surface area (Å²) in [6.07, 6.45) is 2.88. The minimum Gasteiger partial charge on any atom is -0.402 e. The highest BCUT2D eigenvalue weighted by Crippen LogP contribution is 1.95. The second-order valence-electron chi connectivity index (χ2n) is 2.35. The Morgan fingerprint density at radius 2 is 1.83 bits per heavy atom. The fraction of sp³-hybridized carbons (Fsp3) is 1.00. The van der Waals surface area contributed by atoms with Crippen molar-refractivity contribution >= 4 is 14.6 Å². The van der Waals surface area contributed by atoms with Gasteiger partial charge in [-0.3, -0.25) is 0 Å². The first kappa shape index (κ1) is 11.9. The van der Waals surface area contributed by atoms with Gasteiger partial charge < -0.3 is 24.3 Å². The quantitative estimate of drug-likeness (QED) is 0.348. The van der Waals surface area contributed by atoms with Gasteiger partial charge in [0.15, 0.2) is 0 Å². The highest BCUT2D eigenvalue weighted by molar-refractivity contribution is 6.49. The Morgan fingerprint density at radius 1 is 1.17 bits per heavy atom. The zero-order valence-electron chi connectivity index (χ0n) is 7.14. The molecule has 7 heteroatoms. The molecule has 70 valence electrons. The summed E-state index contributed by atoms with van der Waals surface area (Å²) in [4.78, 5) is 0. The molecule has 0 atom stereocenters. The second-order valence-corrected chi connectivity index (χ2v) is 2.35. The first-order valence-electron chi connectivity index (χ1n) is 3.98. The van der Waals surface area contributed by atoms with Crippen molar-refractivity contribution in [2.24, 2.45) is 0 Å². The van der Waals surface area contributed by atoms with E-state index in [0.717, 1.165) is 19.3 Å². The zero-order valence-corrected chi connectivity index (χ0v) is 7.14. The summed E-state index contributed by atoms with van der Waals surface area (Å²) in [6.45, 7) is 2.39. The molecule has 0 radical (unpaired) electrons. The highest BCUT2D eigenvalue weighted by Gasteiger charge is 2.22. The largest absolute Gasteiger partial charge is 0.624 e. The van der Waals surface area contributed by atoms with Gasteiger partial charge in [-0.25, -0.2) is 0 Å². The summed E-state index contributed by atoms with van der Waals surface area (Å²) in [5.74, 6) is 0. The SMILES string of the molecule is CCCCCOB(O)OB(O)O. The first-order valence-corrected chi connectivity index (χ1v) is 3.98. The van der Waals surface area contributed by atoms with Gasteiger partial charge in [-0.15, -0.1) is 0 Å². The maximum absolute atomic E-state index is 8.75. The van der Waals surface area contributed by atoms with Crippen LogP contribution in [0.2, 0.25) is 0 Å². The van der Waals surface area contributed by atoms with Gasteiger partial charge in [0.25, 0.3) is 0 Å². The van der Waals surface area contributed by atoms with Crippen molar-refractivity contribution in [1.29, 1.82) is 0 Å². The molecular formula is C5H14B2O5. The molecule has 0 aliphatic carbocycles. The first-order chi connectivity index (χ1) is 5.66. The third-order valence-electron chi connectivity index (χ3n) is 1.25. The summed E-state index contributed by atoms with van der Waals surface area (Å²) >= 11 is 0. The van der Waals surface area contributed by atoms with Gasteiger partial charge in [-0.05, 0) is 6.42 Å². The van der Waals surface area contributed by atoms with Gasteiger partial charge in [0, 0.05) is 6.61 Å². The van der Waals surface area contributed by atoms with E-state index < -0.39 is 14.6 Å². The van der Waals surface area contributed by atoms with Crippen molar-refractivity contribution in [2.45, 2.75) is 26.2 Å². The molecule has 0 saturated heterocycles. The average molecular weight is 176 g/mol. The van der Waals surface area contributed by atoms with Crippen molar-refractivity contribution in [2.75, 3.05) is 6.61 Å². The topological polar surface area (TPSA) is 79.2 Å². The molecule has 0 bridgehead atoms. The van der Waals surface area contributed by atoms with Crippen molar-refractivity contribution in [3.8, 4) is 0 Å². The molecule has 0 aliphatic rings. The van der Waals surface area contributed by atoms with Gasteiger partial charge in [0.2, 0.25) is 0 Å². The standard InChI is InChI=1S/C5H14B2O5/c1-2-3-4-5-11-7(10)12-6(8)9/h8-10H,2-5H2,1H3. The van der Waals surface area contributed by atoms with E-state index in [0.29, 0.717) is 6.61 Å². The summed E-state index contributed by atoms with van der Waals surface area (Å²) in [5.41, 5.74) is 0. The van der Waals surface area contributed by atoms with E-state index in [9.17, 15) is 0 Å². The predicted molar refractivity (Wildman–Crippen MR) is 44.7 cm³/mol. The maximum atomic E-state index is 8.75. The molecular weight excluding hydrogens is 162 g/mol. The molecule has 0 fully saturated rings. The molecule has 0 amide bonds. The number of unbranched alkanes of at least 4 members (excludes halogenated alkanes) is 2. The molecule has 0 aliphatic heterocycles. The average Bonchev–Trinajstić information content (AvgIpc) is 1.97. The Bertz CT molecular complexity index is 102. The van der Waals surface area contributed by atoms with Gasteiger partial charge in [-0.1, -0.05) is 19.8 Å². The smallest absolute Gasteiger partial charge is 0.402 e. The Labute approximate surface area is 72.7 Å². The molecule has 0 rings (SSSR count). The van der Waals surface area contributed by atoms with Crippen LogP contribution in [0, 0.1) is 0 Å². The lowest BCUT2D eigenvalue weighted by Crippen LogP contribution is -2.32. The van der Waals surface area contributed by atoms with E-state index in [1.807, 2.05) is 6.92 Å². The molecule has 0 aromatic carbocycles. The summed E-state index contributed by atoms with van der Waals surface area (Å²) in [5, 5.41) is 25.2. The number of hydrogen-bond acceptors (Lipinski definition) is 5. The minimum absolute atomic E-state index is 0.349. The van der Waals surface area contributed by atoms with Crippen LogP contribution in [0.25, 0.3) is 0 Å². The van der Waals surface area contributed by atoms with Crippen molar-refractivity contribution in [1.82, 2.24) is 0 Å². The molecule has 0 saturated carbocycles. The van der Waals surface area contributed by atoms with Crippen molar-refractivity contribution in [3.63, 3.8) is 0 Å². The van der Waals surface area contributed by atoms with Crippen molar-refractivity contribution in [3.05, 3.63) is 0 Å². The monoisotopic (exact) mass is 176 g/mol. The zero-order chi connectivity index (χ0) is 9.40. The van der Waals surface area contributed by atoms with E-state index in [1.54, 1.807) is 0 Å². The third kappa shape index (κ3) is 8.03. The number of hydrogen-bond donors (Lipinski definition) is 3. The van der Waals surface area contributed by atoms with E-state index in [1.165, 1.54) is 0 Å². The molecule has 0 aromatic rings. The molecule has 0 unspecified atom stereocenters. The molecule has 5 nitrogen and oxygen atoms in total. The molecule has 0 aromatic heterocycles. The molecule has 3 N–H and O–H groups in total. The summed E-state index contributed by atoms with van der Waals surface area (Å²) < 4.78 is 8.74. The van der Waals surface area contributed by atoms with E-state index in [2.05, 4.69) is 9.23 Å². The second kappa shape index (κ2) is 7.57. The van der Waals surface area contributed by atoms with Crippen LogP contribution in [0.4, 0.5) is 0 Å². The van der Waals surface area contributed by atoms with Crippen molar-refractivity contribution < 1.29 is 24.3 Å². The van der Waals surface area contributed by atoms with Crippen LogP contribution in [-0.2, 0) is 9.23 Å². The molecule has 0 spiro atoms. The fourth-order valence-electron chi connectivity index (χ4n) is 0.680. The van der Waals surface area contributed by atoms with E-state index in [4.69, 9.17) is 15.1 Å². The Hall–Kier alpha value is -0.0701. The predicted octanol–water partition coefficient (Wildman–Crippen LogP) is -0.844. The lowest BCUT2D eigenvalue weighted by Gasteiger charge is -2.06. The minimum atomic E-state index is -1.99. The van der Waals surface area contributed by atoms with Crippen LogP contribution in [-0.4, -0.2) is 36.3 Å². The van der Waals surface area contributed by atoms with Gasteiger partial charge in [-0.2, -0.15) is 0 Å². The van der Waals surface area contributed by atoms with Crippen LogP contribution < -0.4 is 0 Å². The number of rotatable bonds is 7. The Morgan fingerprint density at radius 3 is 2.33 bits per heavy atom. The third-order valence-corrected chi connectivity index (χ3v) is 1.25. The lowest BCUT2D eigenvalue weighted by molar-refractivity contribution is 0.157. The van der Waals surface area contributed by atoms with Crippen LogP contribution >= 0.6 is 0 Å². The molecule has 0 heterocycles. The van der Waals surface area contributed by atoms with Crippen LogP contribution in [0.3, 0.4) is 0 Å². The highest BCUT2D eigenvalue weighted by atomic mass is 16.7. The molecule has 12 heavy (non-hydrogen) atoms. The summed E-state index contributed by atoms with van der Waals surface area (Å²) in [7, 11) is -3.55. The van der Waals surface area contributed by atoms with E-state index >= 15 is 0 Å². The van der Waals surface area contributed by atoms with Gasteiger partial charge in [0.1, 0.15) is 0 Å². The Balaban J connectivity index is 3.14. The summed E-state index contributed by atoms with van der Waals surface area (Å²) in [6, 6.07) is 0. The fourth-order valence-corrected chi connectivity index (χ4v) is 0.680. The van der Waals surface area contributed by atoms with Crippen LogP contribution in [0.15, 0.2) is 0 Å². The normalized spacial score (nSPS) is 10.0. The maximum Gasteiger partial charge on any atom is 0.624 e. The lowest BCUT2D eigenvalue weighted by atomic mass is 10.1. The Kier molecular flexibility index (Phi) is 7.53. The van der Waals surface area contributed by atoms with Crippen LogP contribution in [0.1, 0.15) is 26.2 Å². The van der Waals surface area contributed by atoms with Gasteiger partial charge in [0.05, 0.1) is 0 Å². The van der Waals surface area contributed by atoms with Crippen LogP contribution in [0.5, 0.6) is 0 Å². The van der Waals surface area contributed by atoms with Gasteiger partial charge >= 0.3 is 14.6 Å². The van der Waals surface area contributed by atoms with E-state index in [-0.39, 0.29) is 0 Å².